The van der Waals surface area contributed by atoms with E-state index in [0.717, 1.165) is 74.9 Å². The van der Waals surface area contributed by atoms with Gasteiger partial charge in [-0.1, -0.05) is 0 Å². The van der Waals surface area contributed by atoms with Crippen LogP contribution in [0, 0.1) is 5.92 Å². The number of anilines is 2. The molecule has 37 heavy (non-hydrogen) atoms. The second-order valence-electron chi connectivity index (χ2n) is 9.68. The van der Waals surface area contributed by atoms with E-state index in [1.54, 1.807) is 6.33 Å². The number of aldehydes is 1. The van der Waals surface area contributed by atoms with Gasteiger partial charge >= 0.3 is 6.18 Å². The first-order valence-electron chi connectivity index (χ1n) is 12.6. The van der Waals surface area contributed by atoms with Crippen LogP contribution in [0.1, 0.15) is 36.1 Å². The van der Waals surface area contributed by atoms with Crippen molar-refractivity contribution >= 4 is 17.8 Å². The Morgan fingerprint density at radius 3 is 2.57 bits per heavy atom. The molecule has 0 spiro atoms. The monoisotopic (exact) mass is 521 g/mol. The molecule has 12 heteroatoms. The molecular weight excluding hydrogens is 487 g/mol. The predicted octanol–water partition coefficient (Wildman–Crippen LogP) is 2.76. The predicted molar refractivity (Wildman–Crippen MR) is 134 cm³/mol. The summed E-state index contributed by atoms with van der Waals surface area (Å²) in [5.74, 6) is 0.684. The third-order valence-corrected chi connectivity index (χ3v) is 7.01. The van der Waals surface area contributed by atoms with Crippen LogP contribution in [0.25, 0.3) is 0 Å². The van der Waals surface area contributed by atoms with Gasteiger partial charge < -0.3 is 30.0 Å². The second-order valence-corrected chi connectivity index (χ2v) is 9.68. The molecule has 5 heterocycles. The van der Waals surface area contributed by atoms with Crippen molar-refractivity contribution in [2.45, 2.75) is 44.4 Å². The van der Waals surface area contributed by atoms with Gasteiger partial charge in [0, 0.05) is 43.6 Å². The first-order valence-corrected chi connectivity index (χ1v) is 12.6. The van der Waals surface area contributed by atoms with E-state index in [9.17, 15) is 18.0 Å². The van der Waals surface area contributed by atoms with Crippen molar-refractivity contribution in [2.75, 3.05) is 57.1 Å². The lowest BCUT2D eigenvalue weighted by atomic mass is 10.0. The fourth-order valence-corrected chi connectivity index (χ4v) is 4.89. The van der Waals surface area contributed by atoms with Crippen LogP contribution in [0.15, 0.2) is 18.6 Å². The van der Waals surface area contributed by atoms with Gasteiger partial charge in [-0.25, -0.2) is 15.0 Å². The summed E-state index contributed by atoms with van der Waals surface area (Å²) in [5, 5.41) is 6.68. The quantitative estimate of drug-likeness (QED) is 0.576. The molecule has 202 valence electrons. The Labute approximate surface area is 214 Å². The van der Waals surface area contributed by atoms with Gasteiger partial charge in [0.2, 0.25) is 5.88 Å². The summed E-state index contributed by atoms with van der Waals surface area (Å²) in [4.78, 5) is 26.9. The molecule has 3 aliphatic heterocycles. The smallest absolute Gasteiger partial charge is 0.421 e. The number of carbonyl (C=O) groups excluding carboxylic acids is 1. The Kier molecular flexibility index (Phi) is 8.80. The standard InChI is InChI=1S/C19H23F3N6O.C6H11NO/c1-27-5-3-12(9-27)26-17-14-10-28(6-4-16(14)24-11-25-17)13-7-15(19(20,21)22)18(29-2)23-8-13;8-5-6-1-3-7-4-2-6/h7-8,11-12H,3-6,9-10H2,1-2H3,(H,24,25,26);5-7H,1-4H2. The molecule has 0 aromatic carbocycles. The van der Waals surface area contributed by atoms with E-state index < -0.39 is 17.6 Å². The van der Waals surface area contributed by atoms with Crippen molar-refractivity contribution in [1.82, 2.24) is 25.2 Å². The molecule has 3 aliphatic rings. The number of aromatic nitrogens is 3. The Hall–Kier alpha value is -2.99. The first-order chi connectivity index (χ1) is 17.8. The van der Waals surface area contributed by atoms with Crippen LogP contribution in [0.3, 0.4) is 0 Å². The highest BCUT2D eigenvalue weighted by atomic mass is 19.4. The molecule has 2 saturated heterocycles. The minimum absolute atomic E-state index is 0.300. The number of rotatable bonds is 5. The number of pyridine rings is 1. The summed E-state index contributed by atoms with van der Waals surface area (Å²) < 4.78 is 44.9. The van der Waals surface area contributed by atoms with Crippen LogP contribution in [0.5, 0.6) is 5.88 Å². The zero-order valence-electron chi connectivity index (χ0n) is 21.2. The third kappa shape index (κ3) is 6.86. The Morgan fingerprint density at radius 2 is 1.95 bits per heavy atom. The molecule has 0 aliphatic carbocycles. The number of hydrogen-bond donors (Lipinski definition) is 2. The highest BCUT2D eigenvalue weighted by Gasteiger charge is 2.36. The number of piperidine rings is 1. The summed E-state index contributed by atoms with van der Waals surface area (Å²) in [7, 11) is 3.26. The molecule has 1 unspecified atom stereocenters. The number of alkyl halides is 3. The Balaban J connectivity index is 0.000000342. The maximum atomic E-state index is 13.4. The molecule has 2 aromatic rings. The maximum Gasteiger partial charge on any atom is 0.421 e. The van der Waals surface area contributed by atoms with Crippen LogP contribution >= 0.6 is 0 Å². The molecule has 2 fully saturated rings. The van der Waals surface area contributed by atoms with Gasteiger partial charge in [-0.05, 0) is 52.0 Å². The number of hydrogen-bond acceptors (Lipinski definition) is 9. The number of fused-ring (bicyclic) bond motifs is 1. The van der Waals surface area contributed by atoms with Crippen molar-refractivity contribution in [2.24, 2.45) is 5.92 Å². The average Bonchev–Trinajstić information content (AvgIpc) is 3.33. The van der Waals surface area contributed by atoms with Gasteiger partial charge in [-0.3, -0.25) is 0 Å². The largest absolute Gasteiger partial charge is 0.481 e. The van der Waals surface area contributed by atoms with E-state index in [4.69, 9.17) is 4.74 Å². The van der Waals surface area contributed by atoms with Gasteiger partial charge in [0.25, 0.3) is 0 Å². The van der Waals surface area contributed by atoms with E-state index >= 15 is 0 Å². The Morgan fingerprint density at radius 1 is 1.16 bits per heavy atom. The summed E-state index contributed by atoms with van der Waals surface area (Å²) >= 11 is 0. The molecule has 2 aromatic heterocycles. The number of methoxy groups -OCH3 is 1. The van der Waals surface area contributed by atoms with E-state index in [2.05, 4.69) is 37.5 Å². The van der Waals surface area contributed by atoms with Gasteiger partial charge in [0.15, 0.2) is 0 Å². The van der Waals surface area contributed by atoms with Gasteiger partial charge in [-0.15, -0.1) is 0 Å². The number of ether oxygens (including phenoxy) is 1. The lowest BCUT2D eigenvalue weighted by molar-refractivity contribution is -0.139. The second kappa shape index (κ2) is 12.0. The molecule has 0 saturated carbocycles. The van der Waals surface area contributed by atoms with Crippen molar-refractivity contribution in [3.63, 3.8) is 0 Å². The minimum atomic E-state index is -4.54. The normalized spacial score (nSPS) is 20.6. The number of nitrogens with one attached hydrogen (secondary N) is 2. The summed E-state index contributed by atoms with van der Waals surface area (Å²) in [6.45, 7) is 4.97. The van der Waals surface area contributed by atoms with Crippen LogP contribution in [0.2, 0.25) is 0 Å². The van der Waals surface area contributed by atoms with E-state index in [1.807, 2.05) is 4.90 Å². The average molecular weight is 522 g/mol. The summed E-state index contributed by atoms with van der Waals surface area (Å²) in [5.41, 5.74) is 1.39. The van der Waals surface area contributed by atoms with E-state index in [-0.39, 0.29) is 0 Å². The highest BCUT2D eigenvalue weighted by molar-refractivity contribution is 5.56. The van der Waals surface area contributed by atoms with Crippen molar-refractivity contribution in [3.05, 3.63) is 35.4 Å². The minimum Gasteiger partial charge on any atom is -0.481 e. The van der Waals surface area contributed by atoms with Crippen molar-refractivity contribution in [1.29, 1.82) is 0 Å². The lowest BCUT2D eigenvalue weighted by Crippen LogP contribution is -2.33. The lowest BCUT2D eigenvalue weighted by Gasteiger charge is -2.31. The molecule has 2 N–H and O–H groups in total. The molecule has 0 amide bonds. The zero-order chi connectivity index (χ0) is 26.4. The van der Waals surface area contributed by atoms with E-state index in [1.165, 1.54) is 13.3 Å². The molecule has 0 bridgehead atoms. The van der Waals surface area contributed by atoms with Crippen LogP contribution in [-0.2, 0) is 23.9 Å². The van der Waals surface area contributed by atoms with Crippen LogP contribution < -0.4 is 20.3 Å². The SMILES string of the molecule is COc1ncc(N2CCc3ncnc(NC4CCN(C)C4)c3C2)cc1C(F)(F)F.O=CC1CCNCC1. The fraction of sp³-hybridized carbons (Fsp3) is 0.600. The molecular formula is C25H34F3N7O2. The van der Waals surface area contributed by atoms with Crippen molar-refractivity contribution < 1.29 is 22.7 Å². The van der Waals surface area contributed by atoms with Gasteiger partial charge in [0.1, 0.15) is 24.0 Å². The van der Waals surface area contributed by atoms with Crippen molar-refractivity contribution in [3.8, 4) is 5.88 Å². The zero-order valence-corrected chi connectivity index (χ0v) is 21.2. The highest BCUT2D eigenvalue weighted by Crippen LogP contribution is 2.38. The maximum absolute atomic E-state index is 13.4. The molecule has 1 atom stereocenters. The molecule has 5 rings (SSSR count). The number of nitrogens with zero attached hydrogens (tertiary/aromatic N) is 5. The number of likely N-dealkylation sites (tertiary alicyclic amines) is 1. The van der Waals surface area contributed by atoms with Gasteiger partial charge in [0.05, 0.1) is 24.7 Å². The van der Waals surface area contributed by atoms with Crippen LogP contribution in [0.4, 0.5) is 24.7 Å². The third-order valence-electron chi connectivity index (χ3n) is 7.01. The number of halogens is 3. The molecule has 9 nitrogen and oxygen atoms in total. The number of carbonyl (C=O) groups is 1. The number of likely N-dealkylation sites (N-methyl/N-ethyl adjacent to an activating group) is 1. The Bertz CT molecular complexity index is 1060. The first kappa shape index (κ1) is 27.1. The summed E-state index contributed by atoms with van der Waals surface area (Å²) in [6.07, 6.45) is 3.22. The van der Waals surface area contributed by atoms with Gasteiger partial charge in [-0.2, -0.15) is 13.2 Å². The molecule has 0 radical (unpaired) electrons. The van der Waals surface area contributed by atoms with Crippen LogP contribution in [-0.4, -0.2) is 79.1 Å². The fourth-order valence-electron chi connectivity index (χ4n) is 4.89. The van der Waals surface area contributed by atoms with E-state index in [0.29, 0.717) is 37.2 Å². The topological polar surface area (TPSA) is 95.5 Å². The summed E-state index contributed by atoms with van der Waals surface area (Å²) in [6, 6.07) is 1.40.